The summed E-state index contributed by atoms with van der Waals surface area (Å²) < 4.78 is 36.8. The van der Waals surface area contributed by atoms with Crippen LogP contribution in [0.25, 0.3) is 5.65 Å². The maximum atomic E-state index is 12.9. The third kappa shape index (κ3) is 5.46. The number of sulfone groups is 1. The van der Waals surface area contributed by atoms with E-state index in [1.54, 1.807) is 48.3 Å². The average Bonchev–Trinajstić information content (AvgIpc) is 3.25. The Morgan fingerprint density at radius 3 is 2.37 bits per heavy atom. The Hall–Kier alpha value is -3.85. The molecular formula is C26H27N3O5S. The Morgan fingerprint density at radius 1 is 1.00 bits per heavy atom. The summed E-state index contributed by atoms with van der Waals surface area (Å²) in [6.07, 6.45) is 3.64. The molecule has 0 aliphatic rings. The minimum absolute atomic E-state index is 0.101. The number of rotatable bonds is 9. The number of aryl methyl sites for hydroxylation is 1. The number of carbonyl (C=O) groups excluding carboxylic acids is 1. The van der Waals surface area contributed by atoms with E-state index in [9.17, 15) is 13.2 Å². The molecule has 0 N–H and O–H groups in total. The van der Waals surface area contributed by atoms with Crippen molar-refractivity contribution in [2.45, 2.75) is 24.8 Å². The van der Waals surface area contributed by atoms with E-state index >= 15 is 0 Å². The fourth-order valence-corrected chi connectivity index (χ4v) is 4.28. The van der Waals surface area contributed by atoms with Gasteiger partial charge < -0.3 is 9.47 Å². The Morgan fingerprint density at radius 2 is 1.71 bits per heavy atom. The maximum absolute atomic E-state index is 12.9. The van der Waals surface area contributed by atoms with Crippen LogP contribution in [0, 0.1) is 0 Å². The van der Waals surface area contributed by atoms with Gasteiger partial charge in [0.15, 0.2) is 27.8 Å². The molecule has 0 atom stereocenters. The first-order valence-electron chi connectivity index (χ1n) is 11.1. The average molecular weight is 494 g/mol. The van der Waals surface area contributed by atoms with E-state index in [1.807, 2.05) is 47.9 Å². The largest absolute Gasteiger partial charge is 0.485 e. The van der Waals surface area contributed by atoms with Crippen molar-refractivity contribution in [2.24, 2.45) is 0 Å². The van der Waals surface area contributed by atoms with Crippen LogP contribution in [0.2, 0.25) is 0 Å². The molecule has 0 aliphatic heterocycles. The molecular weight excluding hydrogens is 466 g/mol. The molecule has 2 aromatic heterocycles. The van der Waals surface area contributed by atoms with E-state index in [0.29, 0.717) is 29.4 Å². The fourth-order valence-electron chi connectivity index (χ4n) is 3.65. The highest BCUT2D eigenvalue weighted by molar-refractivity contribution is 7.90. The minimum atomic E-state index is -3.25. The van der Waals surface area contributed by atoms with Gasteiger partial charge in [0.05, 0.1) is 10.6 Å². The summed E-state index contributed by atoms with van der Waals surface area (Å²) in [5, 5.41) is 0. The summed E-state index contributed by atoms with van der Waals surface area (Å²) in [5.41, 5.74) is 2.18. The lowest BCUT2D eigenvalue weighted by Crippen LogP contribution is -2.32. The number of amides is 1. The van der Waals surface area contributed by atoms with E-state index in [4.69, 9.17) is 14.5 Å². The molecule has 8 nitrogen and oxygen atoms in total. The lowest BCUT2D eigenvalue weighted by Gasteiger charge is -2.18. The molecule has 0 aliphatic carbocycles. The predicted molar refractivity (Wildman–Crippen MR) is 134 cm³/mol. The van der Waals surface area contributed by atoms with Crippen LogP contribution in [0.15, 0.2) is 77.8 Å². The van der Waals surface area contributed by atoms with Gasteiger partial charge in [-0.1, -0.05) is 37.3 Å². The van der Waals surface area contributed by atoms with Gasteiger partial charge in [0.2, 0.25) is 0 Å². The smallest absolute Gasteiger partial charge is 0.265 e. The van der Waals surface area contributed by atoms with Gasteiger partial charge in [-0.15, -0.1) is 0 Å². The number of hydrogen-bond acceptors (Lipinski definition) is 6. The summed E-state index contributed by atoms with van der Waals surface area (Å²) in [6.45, 7) is 2.12. The first-order chi connectivity index (χ1) is 16.8. The Labute approximate surface area is 204 Å². The van der Waals surface area contributed by atoms with Crippen molar-refractivity contribution in [3.05, 3.63) is 84.2 Å². The zero-order chi connectivity index (χ0) is 25.0. The molecule has 182 valence electrons. The first-order valence-corrected chi connectivity index (χ1v) is 13.0. The molecule has 4 rings (SSSR count). The van der Waals surface area contributed by atoms with E-state index < -0.39 is 9.84 Å². The van der Waals surface area contributed by atoms with Crippen molar-refractivity contribution in [3.63, 3.8) is 0 Å². The molecule has 0 fully saturated rings. The van der Waals surface area contributed by atoms with E-state index in [2.05, 4.69) is 0 Å². The number of ether oxygens (including phenoxy) is 2. The monoisotopic (exact) mass is 493 g/mol. The molecule has 0 saturated heterocycles. The van der Waals surface area contributed by atoms with Gasteiger partial charge >= 0.3 is 0 Å². The zero-order valence-corrected chi connectivity index (χ0v) is 20.7. The number of imidazole rings is 1. The van der Waals surface area contributed by atoms with E-state index in [0.717, 1.165) is 11.3 Å². The van der Waals surface area contributed by atoms with Crippen LogP contribution in [0.3, 0.4) is 0 Å². The number of fused-ring (bicyclic) bond motifs is 1. The number of nitrogens with zero attached hydrogens (tertiary/aromatic N) is 3. The van der Waals surface area contributed by atoms with Gasteiger partial charge in [-0.3, -0.25) is 14.1 Å². The number of benzene rings is 2. The zero-order valence-electron chi connectivity index (χ0n) is 19.8. The number of pyridine rings is 1. The molecule has 0 bridgehead atoms. The molecule has 1 amide bonds. The third-order valence-corrected chi connectivity index (χ3v) is 6.66. The predicted octanol–water partition coefficient (Wildman–Crippen LogP) is 3.92. The van der Waals surface area contributed by atoms with Crippen LogP contribution in [0.1, 0.15) is 18.2 Å². The second kappa shape index (κ2) is 10.2. The quantitative estimate of drug-likeness (QED) is 0.351. The molecule has 9 heteroatoms. The number of carbonyl (C=O) groups is 1. The van der Waals surface area contributed by atoms with E-state index in [1.165, 1.54) is 6.26 Å². The fraction of sp³-hybridized carbons (Fsp3) is 0.231. The van der Waals surface area contributed by atoms with Crippen LogP contribution >= 0.6 is 0 Å². The Bertz CT molecular complexity index is 1430. The second-order valence-corrected chi connectivity index (χ2v) is 10.1. The number of likely N-dealkylation sites (N-methyl/N-ethyl adjacent to an activating group) is 1. The van der Waals surface area contributed by atoms with Gasteiger partial charge in [0.25, 0.3) is 5.91 Å². The minimum Gasteiger partial charge on any atom is -0.485 e. The second-order valence-electron chi connectivity index (χ2n) is 8.06. The van der Waals surface area contributed by atoms with Crippen LogP contribution < -0.4 is 14.4 Å². The lowest BCUT2D eigenvalue weighted by molar-refractivity contribution is -0.120. The topological polar surface area (TPSA) is 90.2 Å². The maximum Gasteiger partial charge on any atom is 0.265 e. The lowest BCUT2D eigenvalue weighted by atomic mass is 10.2. The van der Waals surface area contributed by atoms with Crippen molar-refractivity contribution in [1.29, 1.82) is 0 Å². The molecule has 0 unspecified atom stereocenters. The van der Waals surface area contributed by atoms with Crippen molar-refractivity contribution in [3.8, 4) is 11.5 Å². The molecule has 2 aromatic carbocycles. The van der Waals surface area contributed by atoms with Crippen LogP contribution in [0.4, 0.5) is 5.82 Å². The summed E-state index contributed by atoms with van der Waals surface area (Å²) in [5.74, 6) is 1.64. The van der Waals surface area contributed by atoms with Crippen molar-refractivity contribution in [2.75, 3.05) is 24.8 Å². The van der Waals surface area contributed by atoms with Crippen molar-refractivity contribution < 1.29 is 22.7 Å². The molecule has 4 aromatic rings. The van der Waals surface area contributed by atoms with Gasteiger partial charge in [0, 0.05) is 19.5 Å². The Kier molecular flexibility index (Phi) is 7.07. The normalized spacial score (nSPS) is 11.4. The third-order valence-electron chi connectivity index (χ3n) is 5.54. The highest BCUT2D eigenvalue weighted by Gasteiger charge is 2.22. The van der Waals surface area contributed by atoms with E-state index in [-0.39, 0.29) is 24.0 Å². The SMILES string of the molecule is CCc1nc2c(OCc3ccc(S(C)(=O)=O)cc3)cccn2c1N(C)C(=O)COc1ccccc1. The van der Waals surface area contributed by atoms with Crippen molar-refractivity contribution >= 4 is 27.2 Å². The van der Waals surface area contributed by atoms with Crippen LogP contribution in [-0.2, 0) is 27.7 Å². The molecule has 0 spiro atoms. The molecule has 2 heterocycles. The number of aromatic nitrogens is 2. The molecule has 0 radical (unpaired) electrons. The molecule has 0 saturated carbocycles. The first kappa shape index (κ1) is 24.3. The number of anilines is 1. The molecule has 35 heavy (non-hydrogen) atoms. The summed E-state index contributed by atoms with van der Waals surface area (Å²) in [6, 6.07) is 19.4. The van der Waals surface area contributed by atoms with Gasteiger partial charge in [-0.2, -0.15) is 0 Å². The highest BCUT2D eigenvalue weighted by Crippen LogP contribution is 2.29. The Balaban J connectivity index is 1.54. The van der Waals surface area contributed by atoms with Crippen LogP contribution in [-0.4, -0.2) is 43.6 Å². The number of para-hydroxylation sites is 1. The summed E-state index contributed by atoms with van der Waals surface area (Å²) >= 11 is 0. The highest BCUT2D eigenvalue weighted by atomic mass is 32.2. The summed E-state index contributed by atoms with van der Waals surface area (Å²) in [7, 11) is -1.55. The van der Waals surface area contributed by atoms with Crippen molar-refractivity contribution in [1.82, 2.24) is 9.38 Å². The van der Waals surface area contributed by atoms with Gasteiger partial charge in [-0.05, 0) is 48.4 Å². The standard InChI is InChI=1S/C26H27N3O5S/c1-4-22-26(28(2)24(30)18-33-20-9-6-5-7-10-20)29-16-8-11-23(25(29)27-22)34-17-19-12-14-21(15-13-19)35(3,31)32/h5-16H,4,17-18H2,1-3H3. The number of hydrogen-bond donors (Lipinski definition) is 0. The van der Waals surface area contributed by atoms with Gasteiger partial charge in [0.1, 0.15) is 18.2 Å². The summed E-state index contributed by atoms with van der Waals surface area (Å²) in [4.78, 5) is 19.5. The van der Waals surface area contributed by atoms with Gasteiger partial charge in [-0.25, -0.2) is 13.4 Å². The van der Waals surface area contributed by atoms with Crippen LogP contribution in [0.5, 0.6) is 11.5 Å².